The smallest absolute Gasteiger partial charge is 0.312 e. The predicted octanol–water partition coefficient (Wildman–Crippen LogP) is 4.31. The van der Waals surface area contributed by atoms with E-state index in [2.05, 4.69) is 10.5 Å². The number of hydrazone groups is 1. The zero-order valence-corrected chi connectivity index (χ0v) is 17.1. The molecule has 0 atom stereocenters. The Morgan fingerprint density at radius 2 is 1.69 bits per heavy atom. The number of nitro groups is 1. The lowest BCUT2D eigenvalue weighted by Gasteiger charge is -2.08. The second-order valence-corrected chi connectivity index (χ2v) is 6.31. The minimum Gasteiger partial charge on any atom is -0.493 e. The van der Waals surface area contributed by atoms with E-state index in [1.165, 1.54) is 69.0 Å². The lowest BCUT2D eigenvalue weighted by atomic mass is 10.2. The molecule has 3 aromatic rings. The maximum Gasteiger partial charge on any atom is 0.312 e. The fourth-order valence-corrected chi connectivity index (χ4v) is 2.68. The first-order valence-electron chi connectivity index (χ1n) is 9.18. The van der Waals surface area contributed by atoms with E-state index in [9.17, 15) is 19.3 Å². The quantitative estimate of drug-likeness (QED) is 0.318. The van der Waals surface area contributed by atoms with Gasteiger partial charge in [-0.2, -0.15) is 5.10 Å². The Morgan fingerprint density at radius 3 is 2.34 bits per heavy atom. The molecule has 0 unspecified atom stereocenters. The lowest BCUT2D eigenvalue weighted by molar-refractivity contribution is -0.385. The first kappa shape index (κ1) is 22.2. The molecule has 0 radical (unpaired) electrons. The van der Waals surface area contributed by atoms with Crippen molar-refractivity contribution in [3.8, 4) is 23.0 Å². The highest BCUT2D eigenvalue weighted by atomic mass is 19.1. The van der Waals surface area contributed by atoms with Gasteiger partial charge in [-0.3, -0.25) is 14.9 Å². The topological polar surface area (TPSA) is 112 Å². The van der Waals surface area contributed by atoms with Crippen LogP contribution in [-0.4, -0.2) is 31.3 Å². The molecule has 0 aromatic heterocycles. The summed E-state index contributed by atoms with van der Waals surface area (Å²) in [6.45, 7) is 0. The summed E-state index contributed by atoms with van der Waals surface area (Å²) in [5.74, 6) is 0.132. The largest absolute Gasteiger partial charge is 0.493 e. The molecule has 0 aliphatic heterocycles. The summed E-state index contributed by atoms with van der Waals surface area (Å²) < 4.78 is 28.8. The van der Waals surface area contributed by atoms with E-state index in [1.54, 1.807) is 12.1 Å². The molecule has 9 nitrogen and oxygen atoms in total. The van der Waals surface area contributed by atoms with E-state index < -0.39 is 16.6 Å². The van der Waals surface area contributed by atoms with E-state index in [4.69, 9.17) is 14.2 Å². The van der Waals surface area contributed by atoms with Crippen molar-refractivity contribution >= 4 is 17.8 Å². The second-order valence-electron chi connectivity index (χ2n) is 6.31. The monoisotopic (exact) mass is 439 g/mol. The number of methoxy groups -OCH3 is 2. The number of ether oxygens (including phenoxy) is 3. The number of nitrogens with zero attached hydrogens (tertiary/aromatic N) is 2. The minimum atomic E-state index is -0.613. The number of nitro benzene ring substituents is 1. The van der Waals surface area contributed by atoms with Crippen molar-refractivity contribution in [1.82, 2.24) is 5.43 Å². The third-order valence-corrected chi connectivity index (χ3v) is 4.25. The summed E-state index contributed by atoms with van der Waals surface area (Å²) in [6.07, 6.45) is 1.26. The van der Waals surface area contributed by atoms with Crippen LogP contribution in [-0.2, 0) is 0 Å². The number of carbonyl (C=O) groups excluding carboxylic acids is 1. The Balaban J connectivity index is 1.73. The van der Waals surface area contributed by atoms with Gasteiger partial charge in [0.2, 0.25) is 5.75 Å². The zero-order valence-electron chi connectivity index (χ0n) is 17.1. The molecule has 0 fully saturated rings. The number of hydrogen-bond donors (Lipinski definition) is 1. The second kappa shape index (κ2) is 10.0. The van der Waals surface area contributed by atoms with Gasteiger partial charge in [-0.05, 0) is 54.6 Å². The third-order valence-electron chi connectivity index (χ3n) is 4.25. The molecule has 0 aliphatic carbocycles. The van der Waals surface area contributed by atoms with Gasteiger partial charge in [0, 0.05) is 17.2 Å². The van der Waals surface area contributed by atoms with Crippen LogP contribution in [0.3, 0.4) is 0 Å². The molecule has 0 saturated carbocycles. The van der Waals surface area contributed by atoms with E-state index >= 15 is 0 Å². The average Bonchev–Trinajstić information content (AvgIpc) is 2.80. The number of benzene rings is 3. The first-order valence-corrected chi connectivity index (χ1v) is 9.18. The molecule has 0 heterocycles. The van der Waals surface area contributed by atoms with Gasteiger partial charge in [-0.25, -0.2) is 9.82 Å². The van der Waals surface area contributed by atoms with Gasteiger partial charge < -0.3 is 14.2 Å². The molecular weight excluding hydrogens is 421 g/mol. The summed E-state index contributed by atoms with van der Waals surface area (Å²) in [5.41, 5.74) is 2.67. The fourth-order valence-electron chi connectivity index (χ4n) is 2.68. The van der Waals surface area contributed by atoms with Crippen molar-refractivity contribution in [3.05, 3.63) is 87.7 Å². The Bertz CT molecular complexity index is 1160. The number of hydrogen-bond acceptors (Lipinski definition) is 7. The minimum absolute atomic E-state index is 0.0203. The van der Waals surface area contributed by atoms with E-state index in [0.717, 1.165) is 0 Å². The predicted molar refractivity (Wildman–Crippen MR) is 114 cm³/mol. The molecule has 3 rings (SSSR count). The summed E-state index contributed by atoms with van der Waals surface area (Å²) in [4.78, 5) is 23.1. The lowest BCUT2D eigenvalue weighted by Crippen LogP contribution is -2.17. The molecule has 0 aliphatic rings. The molecule has 0 saturated heterocycles. The van der Waals surface area contributed by atoms with Crippen molar-refractivity contribution in [3.63, 3.8) is 0 Å². The Kier molecular flexibility index (Phi) is 6.96. The van der Waals surface area contributed by atoms with Gasteiger partial charge >= 0.3 is 5.69 Å². The normalized spacial score (nSPS) is 10.6. The number of rotatable bonds is 8. The van der Waals surface area contributed by atoms with Crippen LogP contribution < -0.4 is 19.6 Å². The van der Waals surface area contributed by atoms with Crippen LogP contribution in [0.5, 0.6) is 23.0 Å². The van der Waals surface area contributed by atoms with Crippen LogP contribution in [0, 0.1) is 15.9 Å². The number of halogens is 1. The average molecular weight is 439 g/mol. The highest BCUT2D eigenvalue weighted by Crippen LogP contribution is 2.32. The highest BCUT2D eigenvalue weighted by Gasteiger charge is 2.17. The van der Waals surface area contributed by atoms with Crippen molar-refractivity contribution in [1.29, 1.82) is 0 Å². The Morgan fingerprint density at radius 1 is 1.00 bits per heavy atom. The molecule has 10 heteroatoms. The van der Waals surface area contributed by atoms with Crippen LogP contribution in [0.2, 0.25) is 0 Å². The van der Waals surface area contributed by atoms with Crippen LogP contribution in [0.1, 0.15) is 15.9 Å². The van der Waals surface area contributed by atoms with Crippen LogP contribution in [0.4, 0.5) is 10.1 Å². The number of carbonyl (C=O) groups is 1. The van der Waals surface area contributed by atoms with Crippen molar-refractivity contribution in [2.75, 3.05) is 14.2 Å². The van der Waals surface area contributed by atoms with Gasteiger partial charge in [0.05, 0.1) is 25.4 Å². The molecule has 1 N–H and O–H groups in total. The number of nitrogens with one attached hydrogen (secondary N) is 1. The summed E-state index contributed by atoms with van der Waals surface area (Å²) in [5, 5.41) is 15.3. The third kappa shape index (κ3) is 5.36. The van der Waals surface area contributed by atoms with Gasteiger partial charge in [-0.1, -0.05) is 0 Å². The van der Waals surface area contributed by atoms with Gasteiger partial charge in [0.25, 0.3) is 5.91 Å². The fraction of sp³-hybridized carbons (Fsp3) is 0.0909. The SMILES string of the molecule is COc1ccc(C(=O)N/N=C/c2ccc(Oc3ccc(F)cc3)c([N+](=O)[O-])c2)cc1OC. The van der Waals surface area contributed by atoms with Crippen molar-refractivity contribution in [2.45, 2.75) is 0 Å². The van der Waals surface area contributed by atoms with Crippen molar-refractivity contribution in [2.24, 2.45) is 5.10 Å². The molecule has 1 amide bonds. The summed E-state index contributed by atoms with van der Waals surface area (Å²) in [7, 11) is 2.94. The van der Waals surface area contributed by atoms with Crippen LogP contribution in [0.25, 0.3) is 0 Å². The Hall–Kier alpha value is -4.47. The molecule has 0 bridgehead atoms. The standard InChI is InChI=1S/C22H18FN3O6/c1-30-20-10-4-15(12-21(20)31-2)22(27)25-24-13-14-3-9-19(18(11-14)26(28)29)32-17-7-5-16(23)6-8-17/h3-13H,1-2H3,(H,25,27)/b24-13+. The molecule has 164 valence electrons. The maximum absolute atomic E-state index is 13.0. The van der Waals surface area contributed by atoms with Crippen LogP contribution in [0.15, 0.2) is 65.8 Å². The van der Waals surface area contributed by atoms with Gasteiger partial charge in [0.1, 0.15) is 11.6 Å². The van der Waals surface area contributed by atoms with E-state index in [1.807, 2.05) is 0 Å². The van der Waals surface area contributed by atoms with E-state index in [-0.39, 0.29) is 22.7 Å². The molecule has 0 spiro atoms. The molecular formula is C22H18FN3O6. The Labute approximate surface area is 182 Å². The highest BCUT2D eigenvalue weighted by molar-refractivity contribution is 5.95. The maximum atomic E-state index is 13.0. The summed E-state index contributed by atoms with van der Waals surface area (Å²) in [6, 6.07) is 13.9. The molecule has 3 aromatic carbocycles. The summed E-state index contributed by atoms with van der Waals surface area (Å²) >= 11 is 0. The first-order chi connectivity index (χ1) is 15.4. The zero-order chi connectivity index (χ0) is 23.1. The van der Waals surface area contributed by atoms with Crippen LogP contribution >= 0.6 is 0 Å². The van der Waals surface area contributed by atoms with Crippen molar-refractivity contribution < 1.29 is 28.3 Å². The van der Waals surface area contributed by atoms with Gasteiger partial charge in [0.15, 0.2) is 11.5 Å². The van der Waals surface area contributed by atoms with Gasteiger partial charge in [-0.15, -0.1) is 0 Å². The molecule has 32 heavy (non-hydrogen) atoms. The number of amides is 1. The van der Waals surface area contributed by atoms with E-state index in [0.29, 0.717) is 17.1 Å².